The lowest BCUT2D eigenvalue weighted by molar-refractivity contribution is -0.112. The number of pyridine rings is 1. The normalized spacial score (nSPS) is 10.8. The maximum Gasteiger partial charge on any atom is 0.296 e. The number of hydrogen-bond acceptors (Lipinski definition) is 4. The Morgan fingerprint density at radius 3 is 2.42 bits per heavy atom. The third kappa shape index (κ3) is 4.26. The van der Waals surface area contributed by atoms with Gasteiger partial charge in [-0.2, -0.15) is 0 Å². The SMILES string of the molecule is COc1ccc2c(c1)c(C(=O)C(=O)Nc1ccncc1)c(Cl)n2Cc1ccc(Cl)cc1. The molecule has 4 rings (SSSR count). The van der Waals surface area contributed by atoms with Gasteiger partial charge in [0, 0.05) is 35.0 Å². The molecule has 1 amide bonds. The van der Waals surface area contributed by atoms with Gasteiger partial charge in [-0.25, -0.2) is 0 Å². The molecule has 4 aromatic rings. The molecule has 0 atom stereocenters. The van der Waals surface area contributed by atoms with Crippen LogP contribution in [0.15, 0.2) is 67.0 Å². The van der Waals surface area contributed by atoms with Crippen LogP contribution in [-0.2, 0) is 11.3 Å². The molecule has 156 valence electrons. The molecule has 1 N–H and O–H groups in total. The molecule has 6 nitrogen and oxygen atoms in total. The van der Waals surface area contributed by atoms with Crippen molar-refractivity contribution in [1.82, 2.24) is 9.55 Å². The Labute approximate surface area is 188 Å². The molecule has 0 aliphatic rings. The number of methoxy groups -OCH3 is 1. The summed E-state index contributed by atoms with van der Waals surface area (Å²) in [7, 11) is 1.53. The minimum Gasteiger partial charge on any atom is -0.497 e. The fourth-order valence-corrected chi connectivity index (χ4v) is 3.77. The van der Waals surface area contributed by atoms with Crippen LogP contribution in [0.25, 0.3) is 10.9 Å². The Bertz CT molecular complexity index is 1270. The van der Waals surface area contributed by atoms with Gasteiger partial charge in [0.1, 0.15) is 10.9 Å². The molecule has 0 saturated carbocycles. The second kappa shape index (κ2) is 8.79. The fourth-order valence-electron chi connectivity index (χ4n) is 3.31. The van der Waals surface area contributed by atoms with Gasteiger partial charge in [-0.05, 0) is 48.0 Å². The first kappa shape index (κ1) is 20.9. The van der Waals surface area contributed by atoms with Crippen molar-refractivity contribution >= 4 is 51.5 Å². The molecular weight excluding hydrogens is 437 g/mol. The number of nitrogens with zero attached hydrogens (tertiary/aromatic N) is 2. The summed E-state index contributed by atoms with van der Waals surface area (Å²) in [6.45, 7) is 0.401. The smallest absolute Gasteiger partial charge is 0.296 e. The van der Waals surface area contributed by atoms with Crippen molar-refractivity contribution in [2.45, 2.75) is 6.54 Å². The van der Waals surface area contributed by atoms with E-state index in [1.54, 1.807) is 41.0 Å². The lowest BCUT2D eigenvalue weighted by atomic mass is 10.1. The van der Waals surface area contributed by atoms with Crippen LogP contribution in [0.5, 0.6) is 5.75 Å². The molecule has 0 fully saturated rings. The van der Waals surface area contributed by atoms with E-state index >= 15 is 0 Å². The first-order valence-electron chi connectivity index (χ1n) is 9.34. The van der Waals surface area contributed by atoms with E-state index in [0.717, 1.165) is 5.56 Å². The summed E-state index contributed by atoms with van der Waals surface area (Å²) in [4.78, 5) is 29.7. The fraction of sp³-hybridized carbons (Fsp3) is 0.0870. The predicted molar refractivity (Wildman–Crippen MR) is 121 cm³/mol. The first-order valence-corrected chi connectivity index (χ1v) is 10.1. The zero-order chi connectivity index (χ0) is 22.0. The summed E-state index contributed by atoms with van der Waals surface area (Å²) in [6.07, 6.45) is 3.05. The van der Waals surface area contributed by atoms with Gasteiger partial charge in [0.15, 0.2) is 0 Å². The molecule has 0 aliphatic carbocycles. The number of benzene rings is 2. The molecule has 8 heteroatoms. The van der Waals surface area contributed by atoms with Crippen LogP contribution in [0, 0.1) is 0 Å². The second-order valence-corrected chi connectivity index (χ2v) is 7.58. The number of anilines is 1. The molecule has 2 aromatic carbocycles. The molecule has 0 aliphatic heterocycles. The molecule has 0 radical (unpaired) electrons. The highest BCUT2D eigenvalue weighted by molar-refractivity contribution is 6.51. The van der Waals surface area contributed by atoms with E-state index < -0.39 is 11.7 Å². The molecule has 2 heterocycles. The zero-order valence-corrected chi connectivity index (χ0v) is 17.9. The Morgan fingerprint density at radius 2 is 1.74 bits per heavy atom. The van der Waals surface area contributed by atoms with Crippen molar-refractivity contribution in [3.63, 3.8) is 0 Å². The van der Waals surface area contributed by atoms with Crippen molar-refractivity contribution < 1.29 is 14.3 Å². The van der Waals surface area contributed by atoms with E-state index in [4.69, 9.17) is 27.9 Å². The minimum absolute atomic E-state index is 0.121. The van der Waals surface area contributed by atoms with Crippen LogP contribution >= 0.6 is 23.2 Å². The highest BCUT2D eigenvalue weighted by atomic mass is 35.5. The maximum absolute atomic E-state index is 13.1. The van der Waals surface area contributed by atoms with E-state index in [9.17, 15) is 9.59 Å². The molecule has 31 heavy (non-hydrogen) atoms. The van der Waals surface area contributed by atoms with Crippen LogP contribution in [0.1, 0.15) is 15.9 Å². The molecule has 0 saturated heterocycles. The van der Waals surface area contributed by atoms with Crippen molar-refractivity contribution in [3.05, 3.63) is 88.3 Å². The highest BCUT2D eigenvalue weighted by Gasteiger charge is 2.27. The molecular formula is C23H17Cl2N3O3. The van der Waals surface area contributed by atoms with Gasteiger partial charge in [0.25, 0.3) is 11.7 Å². The minimum atomic E-state index is -0.790. The molecule has 0 unspecified atom stereocenters. The molecule has 2 aromatic heterocycles. The zero-order valence-electron chi connectivity index (χ0n) is 16.4. The summed E-state index contributed by atoms with van der Waals surface area (Å²) in [5.41, 5.74) is 2.24. The number of carbonyl (C=O) groups excluding carboxylic acids is 2. The van der Waals surface area contributed by atoms with E-state index in [2.05, 4.69) is 10.3 Å². The number of fused-ring (bicyclic) bond motifs is 1. The number of aromatic nitrogens is 2. The van der Waals surface area contributed by atoms with E-state index in [-0.39, 0.29) is 10.7 Å². The number of hydrogen-bond donors (Lipinski definition) is 1. The van der Waals surface area contributed by atoms with Crippen molar-refractivity contribution in [2.75, 3.05) is 12.4 Å². The number of Topliss-reactive ketones (excluding diaryl/α,β-unsaturated/α-hetero) is 1. The third-order valence-electron chi connectivity index (χ3n) is 4.83. The topological polar surface area (TPSA) is 73.2 Å². The van der Waals surface area contributed by atoms with Crippen molar-refractivity contribution in [2.24, 2.45) is 0 Å². The number of ketones is 1. The van der Waals surface area contributed by atoms with Crippen LogP contribution in [0.3, 0.4) is 0 Å². The van der Waals surface area contributed by atoms with Gasteiger partial charge in [0.05, 0.1) is 18.2 Å². The average molecular weight is 454 g/mol. The number of amides is 1. The maximum atomic E-state index is 13.1. The number of ether oxygens (including phenoxy) is 1. The monoisotopic (exact) mass is 453 g/mol. The van der Waals surface area contributed by atoms with Crippen LogP contribution in [-0.4, -0.2) is 28.4 Å². The highest BCUT2D eigenvalue weighted by Crippen LogP contribution is 2.34. The van der Waals surface area contributed by atoms with Crippen LogP contribution in [0.2, 0.25) is 10.2 Å². The summed E-state index contributed by atoms with van der Waals surface area (Å²) in [6, 6.07) is 15.8. The standard InChI is InChI=1S/C23H17Cl2N3O3/c1-31-17-6-7-19-18(12-17)20(21(29)23(30)27-16-8-10-26-11-9-16)22(25)28(19)13-14-2-4-15(24)5-3-14/h2-12H,13H2,1H3,(H,26,27,30). The number of nitrogens with one attached hydrogen (secondary N) is 1. The van der Waals surface area contributed by atoms with Gasteiger partial charge < -0.3 is 14.6 Å². The van der Waals surface area contributed by atoms with Gasteiger partial charge in [0.2, 0.25) is 0 Å². The van der Waals surface area contributed by atoms with E-state index in [0.29, 0.717) is 33.9 Å². The Balaban J connectivity index is 1.78. The second-order valence-electron chi connectivity index (χ2n) is 6.78. The van der Waals surface area contributed by atoms with E-state index in [1.807, 2.05) is 18.2 Å². The van der Waals surface area contributed by atoms with Crippen LogP contribution in [0.4, 0.5) is 5.69 Å². The number of rotatable bonds is 6. The molecule has 0 bridgehead atoms. The number of carbonyl (C=O) groups is 2. The van der Waals surface area contributed by atoms with Gasteiger partial charge in [-0.15, -0.1) is 0 Å². The summed E-state index contributed by atoms with van der Waals surface area (Å²) < 4.78 is 7.09. The number of halogens is 2. The Hall–Kier alpha value is -3.35. The summed E-state index contributed by atoms with van der Waals surface area (Å²) >= 11 is 12.6. The van der Waals surface area contributed by atoms with Gasteiger partial charge in [-0.1, -0.05) is 35.3 Å². The largest absolute Gasteiger partial charge is 0.497 e. The first-order chi connectivity index (χ1) is 15.0. The van der Waals surface area contributed by atoms with Crippen LogP contribution < -0.4 is 10.1 Å². The van der Waals surface area contributed by atoms with Crippen molar-refractivity contribution in [3.8, 4) is 5.75 Å². The quantitative estimate of drug-likeness (QED) is 0.320. The van der Waals surface area contributed by atoms with Gasteiger partial charge in [-0.3, -0.25) is 14.6 Å². The van der Waals surface area contributed by atoms with Gasteiger partial charge >= 0.3 is 0 Å². The van der Waals surface area contributed by atoms with Crippen molar-refractivity contribution in [1.29, 1.82) is 0 Å². The summed E-state index contributed by atoms with van der Waals surface area (Å²) in [5.74, 6) is -0.979. The Kier molecular flexibility index (Phi) is 5.93. The Morgan fingerprint density at radius 1 is 1.03 bits per heavy atom. The molecule has 0 spiro atoms. The average Bonchev–Trinajstić information content (AvgIpc) is 3.05. The lowest BCUT2D eigenvalue weighted by Gasteiger charge is -2.08. The summed E-state index contributed by atoms with van der Waals surface area (Å²) in [5, 5.41) is 3.92. The third-order valence-corrected chi connectivity index (χ3v) is 5.48. The van der Waals surface area contributed by atoms with E-state index in [1.165, 1.54) is 19.5 Å². The predicted octanol–water partition coefficient (Wildman–Crippen LogP) is 5.22. The lowest BCUT2D eigenvalue weighted by Crippen LogP contribution is -2.23.